The fraction of sp³-hybridized carbons (Fsp3) is 0.250. The van der Waals surface area contributed by atoms with Crippen molar-refractivity contribution in [2.45, 2.75) is 19.2 Å². The van der Waals surface area contributed by atoms with Crippen molar-refractivity contribution < 1.29 is 18.3 Å². The van der Waals surface area contributed by atoms with Crippen molar-refractivity contribution in [3.8, 4) is 0 Å². The van der Waals surface area contributed by atoms with Gasteiger partial charge in [-0.05, 0) is 12.5 Å². The number of nitrogens with zero attached hydrogens (tertiary/aromatic N) is 1. The zero-order chi connectivity index (χ0) is 14.2. The fourth-order valence-corrected chi connectivity index (χ4v) is 2.85. The first kappa shape index (κ1) is 14.5. The van der Waals surface area contributed by atoms with Crippen molar-refractivity contribution in [2.75, 3.05) is 0 Å². The normalized spacial score (nSPS) is 13.6. The van der Waals surface area contributed by atoms with Gasteiger partial charge in [-0.2, -0.15) is 13.2 Å². The Morgan fingerprint density at radius 2 is 2.05 bits per heavy atom. The maximum absolute atomic E-state index is 12.5. The molecule has 1 heterocycles. The molecule has 0 fully saturated rings. The van der Waals surface area contributed by atoms with E-state index in [2.05, 4.69) is 20.9 Å². The maximum Gasteiger partial charge on any atom is 0.443 e. The number of hydrogen-bond donors (Lipinski definition) is 1. The van der Waals surface area contributed by atoms with Crippen LogP contribution in [-0.4, -0.2) is 10.1 Å². The molecule has 19 heavy (non-hydrogen) atoms. The number of thiazole rings is 1. The highest BCUT2D eigenvalue weighted by Gasteiger charge is 2.35. The second-order valence-corrected chi connectivity index (χ2v) is 5.80. The van der Waals surface area contributed by atoms with Crippen LogP contribution in [0, 0.1) is 6.92 Å². The van der Waals surface area contributed by atoms with Crippen LogP contribution in [0.1, 0.15) is 27.1 Å². The van der Waals surface area contributed by atoms with Crippen LogP contribution in [0.3, 0.4) is 0 Å². The van der Waals surface area contributed by atoms with Crippen molar-refractivity contribution in [1.82, 2.24) is 4.98 Å². The van der Waals surface area contributed by atoms with Crippen LogP contribution in [0.4, 0.5) is 13.2 Å². The summed E-state index contributed by atoms with van der Waals surface area (Å²) >= 11 is 3.78. The highest BCUT2D eigenvalue weighted by atomic mass is 79.9. The number of aryl methyl sites for hydroxylation is 1. The summed E-state index contributed by atoms with van der Waals surface area (Å²) in [5.41, 5.74) is 1.43. The van der Waals surface area contributed by atoms with E-state index in [4.69, 9.17) is 0 Å². The van der Waals surface area contributed by atoms with Crippen LogP contribution >= 0.6 is 27.3 Å². The molecule has 0 aliphatic heterocycles. The monoisotopic (exact) mass is 351 g/mol. The minimum atomic E-state index is -4.48. The quantitative estimate of drug-likeness (QED) is 0.874. The molecule has 2 rings (SSSR count). The molecule has 102 valence electrons. The van der Waals surface area contributed by atoms with Gasteiger partial charge in [0.1, 0.15) is 6.10 Å². The van der Waals surface area contributed by atoms with E-state index >= 15 is 0 Å². The predicted octanol–water partition coefficient (Wildman–Crippen LogP) is 4.31. The molecule has 0 spiro atoms. The summed E-state index contributed by atoms with van der Waals surface area (Å²) in [6, 6.07) is 5.24. The van der Waals surface area contributed by atoms with Crippen molar-refractivity contribution in [3.63, 3.8) is 0 Å². The molecule has 1 N–H and O–H groups in total. The Labute approximate surface area is 120 Å². The smallest absolute Gasteiger partial charge is 0.383 e. The summed E-state index contributed by atoms with van der Waals surface area (Å²) in [4.78, 5) is 3.47. The molecule has 0 aliphatic rings. The lowest BCUT2D eigenvalue weighted by Gasteiger charge is -2.12. The number of benzene rings is 1. The van der Waals surface area contributed by atoms with Gasteiger partial charge in [0, 0.05) is 16.2 Å². The fourth-order valence-electron chi connectivity index (χ4n) is 1.58. The standard InChI is InChI=1S/C12H9BrF3NOS/c1-6-3-2-4-7(9(6)13)10(18)8-5-17-11(19-8)12(14,15)16/h2-5,10,18H,1H3. The molecule has 0 amide bonds. The molecule has 1 atom stereocenters. The minimum Gasteiger partial charge on any atom is -0.383 e. The summed E-state index contributed by atoms with van der Waals surface area (Å²) in [6.07, 6.45) is -4.54. The Morgan fingerprint density at radius 3 is 2.63 bits per heavy atom. The van der Waals surface area contributed by atoms with Crippen molar-refractivity contribution >= 4 is 27.3 Å². The molecule has 0 radical (unpaired) electrons. The van der Waals surface area contributed by atoms with E-state index in [1.165, 1.54) is 0 Å². The Morgan fingerprint density at radius 1 is 1.37 bits per heavy atom. The zero-order valence-corrected chi connectivity index (χ0v) is 12.1. The molecule has 0 saturated carbocycles. The topological polar surface area (TPSA) is 33.1 Å². The predicted molar refractivity (Wildman–Crippen MR) is 70.1 cm³/mol. The van der Waals surface area contributed by atoms with Crippen LogP contribution in [0.15, 0.2) is 28.9 Å². The lowest BCUT2D eigenvalue weighted by molar-refractivity contribution is -0.137. The second-order valence-electron chi connectivity index (χ2n) is 3.95. The highest BCUT2D eigenvalue weighted by molar-refractivity contribution is 9.10. The molecule has 1 unspecified atom stereocenters. The van der Waals surface area contributed by atoms with Gasteiger partial charge in [0.15, 0.2) is 5.01 Å². The SMILES string of the molecule is Cc1cccc(C(O)c2cnc(C(F)(F)F)s2)c1Br. The summed E-state index contributed by atoms with van der Waals surface area (Å²) < 4.78 is 38.1. The van der Waals surface area contributed by atoms with Crippen LogP contribution in [0.2, 0.25) is 0 Å². The maximum atomic E-state index is 12.5. The van der Waals surface area contributed by atoms with E-state index < -0.39 is 17.3 Å². The van der Waals surface area contributed by atoms with E-state index in [0.29, 0.717) is 21.4 Å². The van der Waals surface area contributed by atoms with Crippen molar-refractivity contribution in [1.29, 1.82) is 0 Å². The molecule has 0 bridgehead atoms. The number of halogens is 4. The minimum absolute atomic E-state index is 0.165. The van der Waals surface area contributed by atoms with E-state index in [-0.39, 0.29) is 4.88 Å². The molecule has 1 aromatic carbocycles. The first-order valence-electron chi connectivity index (χ1n) is 5.26. The first-order chi connectivity index (χ1) is 8.80. The van der Waals surface area contributed by atoms with Crippen LogP contribution in [-0.2, 0) is 6.18 Å². The molecular weight excluding hydrogens is 343 g/mol. The second kappa shape index (κ2) is 5.22. The summed E-state index contributed by atoms with van der Waals surface area (Å²) in [5, 5.41) is 9.20. The number of alkyl halides is 3. The molecule has 0 aliphatic carbocycles. The summed E-state index contributed by atoms with van der Waals surface area (Å²) in [5.74, 6) is 0. The Hall–Kier alpha value is -0.920. The Kier molecular flexibility index (Phi) is 3.98. The Bertz CT molecular complexity index is 597. The lowest BCUT2D eigenvalue weighted by Crippen LogP contribution is -2.03. The third-order valence-corrected chi connectivity index (χ3v) is 4.73. The van der Waals surface area contributed by atoms with Crippen LogP contribution < -0.4 is 0 Å². The van der Waals surface area contributed by atoms with Gasteiger partial charge in [-0.3, -0.25) is 0 Å². The number of aromatic nitrogens is 1. The van der Waals surface area contributed by atoms with Gasteiger partial charge in [0.05, 0.1) is 4.88 Å². The van der Waals surface area contributed by atoms with Gasteiger partial charge in [0.25, 0.3) is 0 Å². The number of aliphatic hydroxyl groups excluding tert-OH is 1. The number of rotatable bonds is 2. The molecular formula is C12H9BrF3NOS. The van der Waals surface area contributed by atoms with Crippen molar-refractivity contribution in [2.24, 2.45) is 0 Å². The Balaban J connectivity index is 2.37. The van der Waals surface area contributed by atoms with E-state index in [1.807, 2.05) is 13.0 Å². The summed E-state index contributed by atoms with van der Waals surface area (Å²) in [7, 11) is 0. The average Bonchev–Trinajstić information content (AvgIpc) is 2.81. The van der Waals surface area contributed by atoms with E-state index in [9.17, 15) is 18.3 Å². The van der Waals surface area contributed by atoms with Gasteiger partial charge in [-0.15, -0.1) is 11.3 Å². The number of hydrogen-bond acceptors (Lipinski definition) is 3. The van der Waals surface area contributed by atoms with E-state index in [1.54, 1.807) is 12.1 Å². The number of aliphatic hydroxyl groups is 1. The van der Waals surface area contributed by atoms with Gasteiger partial charge >= 0.3 is 6.18 Å². The summed E-state index contributed by atoms with van der Waals surface area (Å²) in [6.45, 7) is 1.84. The van der Waals surface area contributed by atoms with Gasteiger partial charge in [0.2, 0.25) is 0 Å². The van der Waals surface area contributed by atoms with Crippen molar-refractivity contribution in [3.05, 3.63) is 49.9 Å². The molecule has 0 saturated heterocycles. The van der Waals surface area contributed by atoms with Gasteiger partial charge in [-0.1, -0.05) is 34.1 Å². The molecule has 2 nitrogen and oxygen atoms in total. The van der Waals surface area contributed by atoms with Gasteiger partial charge in [-0.25, -0.2) is 4.98 Å². The van der Waals surface area contributed by atoms with Gasteiger partial charge < -0.3 is 5.11 Å². The largest absolute Gasteiger partial charge is 0.443 e. The third-order valence-electron chi connectivity index (χ3n) is 2.55. The zero-order valence-electron chi connectivity index (χ0n) is 9.70. The lowest BCUT2D eigenvalue weighted by atomic mass is 10.1. The van der Waals surface area contributed by atoms with Crippen LogP contribution in [0.25, 0.3) is 0 Å². The first-order valence-corrected chi connectivity index (χ1v) is 6.87. The average molecular weight is 352 g/mol. The highest BCUT2D eigenvalue weighted by Crippen LogP contribution is 2.37. The van der Waals surface area contributed by atoms with Crippen LogP contribution in [0.5, 0.6) is 0 Å². The van der Waals surface area contributed by atoms with E-state index in [0.717, 1.165) is 11.8 Å². The molecule has 2 aromatic rings. The molecule has 7 heteroatoms. The molecule has 1 aromatic heterocycles. The third kappa shape index (κ3) is 2.98.